The quantitative estimate of drug-likeness (QED) is 0.599. The molecule has 0 heterocycles. The van der Waals surface area contributed by atoms with Gasteiger partial charge in [-0.05, 0) is 57.4 Å². The predicted molar refractivity (Wildman–Crippen MR) is 97.3 cm³/mol. The molecule has 0 aliphatic rings. The van der Waals surface area contributed by atoms with Crippen molar-refractivity contribution in [3.05, 3.63) is 28.8 Å². The molecule has 0 saturated carbocycles. The second kappa shape index (κ2) is 9.54. The zero-order valence-corrected chi connectivity index (χ0v) is 16.1. The van der Waals surface area contributed by atoms with E-state index in [-0.39, 0.29) is 13.2 Å². The number of rotatable bonds is 8. The third kappa shape index (κ3) is 7.01. The number of aliphatic hydroxyl groups excluding tert-OH is 2. The topological polar surface area (TPSA) is 105 Å². The minimum absolute atomic E-state index is 0.0180. The summed E-state index contributed by atoms with van der Waals surface area (Å²) in [5, 5.41) is 20.9. The first-order chi connectivity index (χ1) is 12.1. The van der Waals surface area contributed by atoms with E-state index in [0.29, 0.717) is 17.7 Å². The molecule has 1 rings (SSSR count). The van der Waals surface area contributed by atoms with Gasteiger partial charge in [0.05, 0.1) is 5.56 Å². The van der Waals surface area contributed by atoms with Crippen molar-refractivity contribution < 1.29 is 29.3 Å². The lowest BCUT2D eigenvalue weighted by atomic mass is 10.0. The van der Waals surface area contributed by atoms with Gasteiger partial charge in [0.1, 0.15) is 30.7 Å². The lowest BCUT2D eigenvalue weighted by Crippen LogP contribution is -2.36. The van der Waals surface area contributed by atoms with Gasteiger partial charge in [0.25, 0.3) is 0 Å². The first-order valence-electron chi connectivity index (χ1n) is 8.62. The van der Waals surface area contributed by atoms with Crippen molar-refractivity contribution in [1.82, 2.24) is 5.32 Å². The van der Waals surface area contributed by atoms with Crippen molar-refractivity contribution in [2.24, 2.45) is 0 Å². The van der Waals surface area contributed by atoms with Crippen LogP contribution in [-0.2, 0) is 16.0 Å². The number of aryl methyl sites for hydroxylation is 2. The SMILES string of the molecule is CCc1cc(C(=O)OC(C)(C)C)cc(C)c1OCC(O)CNC(=O)CO. The van der Waals surface area contributed by atoms with E-state index in [1.165, 1.54) is 0 Å². The highest BCUT2D eigenvalue weighted by molar-refractivity contribution is 5.90. The van der Waals surface area contributed by atoms with E-state index >= 15 is 0 Å². The molecule has 0 radical (unpaired) electrons. The molecule has 3 N–H and O–H groups in total. The summed E-state index contributed by atoms with van der Waals surface area (Å²) in [5.74, 6) is -0.350. The summed E-state index contributed by atoms with van der Waals surface area (Å²) in [5.41, 5.74) is 1.47. The number of carbonyl (C=O) groups excluding carboxylic acids is 2. The largest absolute Gasteiger partial charge is 0.490 e. The Labute approximate surface area is 154 Å². The summed E-state index contributed by atoms with van der Waals surface area (Å²) < 4.78 is 11.1. The standard InChI is InChI=1S/C19H29NO6/c1-6-13-8-14(18(24)26-19(3,4)5)7-12(2)17(13)25-11-15(22)9-20-16(23)10-21/h7-8,15,21-22H,6,9-11H2,1-5H3,(H,20,23). The fourth-order valence-corrected chi connectivity index (χ4v) is 2.30. The predicted octanol–water partition coefficient (Wildman–Crippen LogP) is 1.36. The second-order valence-electron chi connectivity index (χ2n) is 7.06. The van der Waals surface area contributed by atoms with Crippen LogP contribution in [0, 0.1) is 6.92 Å². The van der Waals surface area contributed by atoms with E-state index in [4.69, 9.17) is 14.6 Å². The van der Waals surface area contributed by atoms with Crippen molar-refractivity contribution in [2.75, 3.05) is 19.8 Å². The summed E-state index contributed by atoms with van der Waals surface area (Å²) in [6, 6.07) is 3.43. The minimum atomic E-state index is -0.917. The van der Waals surface area contributed by atoms with Crippen LogP contribution < -0.4 is 10.1 Å². The third-order valence-electron chi connectivity index (χ3n) is 3.47. The normalized spacial score (nSPS) is 12.4. The molecule has 146 valence electrons. The summed E-state index contributed by atoms with van der Waals surface area (Å²) in [6.07, 6.45) is -0.274. The number of benzene rings is 1. The number of amides is 1. The van der Waals surface area contributed by atoms with Crippen molar-refractivity contribution >= 4 is 11.9 Å². The van der Waals surface area contributed by atoms with Gasteiger partial charge in [-0.25, -0.2) is 4.79 Å². The van der Waals surface area contributed by atoms with Crippen LogP contribution in [0.4, 0.5) is 0 Å². The first kappa shape index (κ1) is 21.9. The Morgan fingerprint density at radius 3 is 2.46 bits per heavy atom. The Balaban J connectivity index is 2.83. The van der Waals surface area contributed by atoms with E-state index in [0.717, 1.165) is 11.1 Å². The summed E-state index contributed by atoms with van der Waals surface area (Å²) in [7, 11) is 0. The smallest absolute Gasteiger partial charge is 0.338 e. The van der Waals surface area contributed by atoms with Crippen molar-refractivity contribution in [3.8, 4) is 5.75 Å². The molecular formula is C19H29NO6. The van der Waals surface area contributed by atoms with Crippen molar-refractivity contribution in [1.29, 1.82) is 0 Å². The van der Waals surface area contributed by atoms with Gasteiger partial charge >= 0.3 is 5.97 Å². The maximum atomic E-state index is 12.3. The van der Waals surface area contributed by atoms with Gasteiger partial charge < -0.3 is 25.0 Å². The van der Waals surface area contributed by atoms with Crippen LogP contribution in [0.2, 0.25) is 0 Å². The van der Waals surface area contributed by atoms with Crippen LogP contribution >= 0.6 is 0 Å². The molecule has 0 bridgehead atoms. The highest BCUT2D eigenvalue weighted by atomic mass is 16.6. The molecule has 1 amide bonds. The van der Waals surface area contributed by atoms with E-state index in [9.17, 15) is 14.7 Å². The molecule has 0 aliphatic carbocycles. The highest BCUT2D eigenvalue weighted by Crippen LogP contribution is 2.27. The Morgan fingerprint density at radius 2 is 1.92 bits per heavy atom. The molecule has 0 aliphatic heterocycles. The van der Waals surface area contributed by atoms with Crippen LogP contribution in [0.1, 0.15) is 49.2 Å². The Morgan fingerprint density at radius 1 is 1.27 bits per heavy atom. The summed E-state index contributed by atoms with van der Waals surface area (Å²) in [4.78, 5) is 23.3. The van der Waals surface area contributed by atoms with Crippen LogP contribution in [-0.4, -0.2) is 53.6 Å². The molecule has 7 heteroatoms. The molecule has 0 saturated heterocycles. The fraction of sp³-hybridized carbons (Fsp3) is 0.579. The monoisotopic (exact) mass is 367 g/mol. The Bertz CT molecular complexity index is 636. The maximum Gasteiger partial charge on any atom is 0.338 e. The number of esters is 1. The molecular weight excluding hydrogens is 338 g/mol. The van der Waals surface area contributed by atoms with Gasteiger partial charge in [-0.3, -0.25) is 4.79 Å². The van der Waals surface area contributed by atoms with Crippen LogP contribution in [0.25, 0.3) is 0 Å². The molecule has 1 aromatic rings. The van der Waals surface area contributed by atoms with Gasteiger partial charge in [-0.2, -0.15) is 0 Å². The zero-order chi connectivity index (χ0) is 19.9. The summed E-state index contributed by atoms with van der Waals surface area (Å²) in [6.45, 7) is 8.54. The number of carbonyl (C=O) groups is 2. The molecule has 7 nitrogen and oxygen atoms in total. The van der Waals surface area contributed by atoms with Crippen LogP contribution in [0.15, 0.2) is 12.1 Å². The van der Waals surface area contributed by atoms with Gasteiger partial charge in [0.15, 0.2) is 0 Å². The van der Waals surface area contributed by atoms with Crippen LogP contribution in [0.5, 0.6) is 5.75 Å². The average Bonchev–Trinajstić information content (AvgIpc) is 2.56. The Hall–Kier alpha value is -2.12. The molecule has 1 unspecified atom stereocenters. The van der Waals surface area contributed by atoms with E-state index < -0.39 is 30.2 Å². The fourth-order valence-electron chi connectivity index (χ4n) is 2.30. The van der Waals surface area contributed by atoms with E-state index in [1.807, 2.05) is 34.6 Å². The number of ether oxygens (including phenoxy) is 2. The molecule has 0 aromatic heterocycles. The molecule has 1 aromatic carbocycles. The van der Waals surface area contributed by atoms with E-state index in [1.54, 1.807) is 12.1 Å². The van der Waals surface area contributed by atoms with Crippen LogP contribution in [0.3, 0.4) is 0 Å². The van der Waals surface area contributed by atoms with Gasteiger partial charge in [0.2, 0.25) is 5.91 Å². The third-order valence-corrected chi connectivity index (χ3v) is 3.47. The van der Waals surface area contributed by atoms with Crippen molar-refractivity contribution in [2.45, 2.75) is 52.7 Å². The van der Waals surface area contributed by atoms with Crippen molar-refractivity contribution in [3.63, 3.8) is 0 Å². The molecule has 26 heavy (non-hydrogen) atoms. The first-order valence-corrected chi connectivity index (χ1v) is 8.62. The second-order valence-corrected chi connectivity index (χ2v) is 7.06. The number of nitrogens with one attached hydrogen (secondary N) is 1. The maximum absolute atomic E-state index is 12.3. The van der Waals surface area contributed by atoms with Gasteiger partial charge in [-0.15, -0.1) is 0 Å². The van der Waals surface area contributed by atoms with Gasteiger partial charge in [0, 0.05) is 6.54 Å². The zero-order valence-electron chi connectivity index (χ0n) is 16.1. The number of aliphatic hydroxyl groups is 2. The summed E-state index contributed by atoms with van der Waals surface area (Å²) >= 11 is 0. The lowest BCUT2D eigenvalue weighted by Gasteiger charge is -2.21. The molecule has 1 atom stereocenters. The Kier molecular flexibility index (Phi) is 8.05. The van der Waals surface area contributed by atoms with E-state index in [2.05, 4.69) is 5.32 Å². The lowest BCUT2D eigenvalue weighted by molar-refractivity contribution is -0.124. The number of hydrogen-bond acceptors (Lipinski definition) is 6. The average molecular weight is 367 g/mol. The minimum Gasteiger partial charge on any atom is -0.490 e. The van der Waals surface area contributed by atoms with Gasteiger partial charge in [-0.1, -0.05) is 6.92 Å². The molecule has 0 spiro atoms. The highest BCUT2D eigenvalue weighted by Gasteiger charge is 2.20. The molecule has 0 fully saturated rings. The number of hydrogen-bond donors (Lipinski definition) is 3.